The van der Waals surface area contributed by atoms with E-state index in [1.165, 1.54) is 11.0 Å². The van der Waals surface area contributed by atoms with Crippen molar-refractivity contribution in [2.24, 2.45) is 11.7 Å². The maximum Gasteiger partial charge on any atom is 0.338 e. The standard InChI is InChI=1S/C13H17N3O4S/c1-7-2-3-8(10(14)17)6-16(7)13(20)15-11-9(12(18)19)4-5-21-11/h4-5,7-8H,2-3,6H2,1H3,(H2,14,17)(H,15,20)(H,18,19). The van der Waals surface area contributed by atoms with Crippen LogP contribution in [0.2, 0.25) is 0 Å². The quantitative estimate of drug-likeness (QED) is 0.786. The van der Waals surface area contributed by atoms with E-state index in [4.69, 9.17) is 10.8 Å². The van der Waals surface area contributed by atoms with Gasteiger partial charge in [0.15, 0.2) is 0 Å². The number of aromatic carboxylic acids is 1. The minimum absolute atomic E-state index is 0.0196. The first-order valence-electron chi connectivity index (χ1n) is 6.58. The van der Waals surface area contributed by atoms with Crippen molar-refractivity contribution in [3.63, 3.8) is 0 Å². The Morgan fingerprint density at radius 2 is 2.14 bits per heavy atom. The Balaban J connectivity index is 2.09. The number of rotatable bonds is 3. The van der Waals surface area contributed by atoms with Crippen LogP contribution in [0.1, 0.15) is 30.1 Å². The molecule has 0 aromatic carbocycles. The lowest BCUT2D eigenvalue weighted by Gasteiger charge is -2.36. The molecular weight excluding hydrogens is 294 g/mol. The first-order chi connectivity index (χ1) is 9.90. The number of hydrogen-bond donors (Lipinski definition) is 3. The van der Waals surface area contributed by atoms with Gasteiger partial charge >= 0.3 is 12.0 Å². The van der Waals surface area contributed by atoms with Crippen LogP contribution >= 0.6 is 11.3 Å². The van der Waals surface area contributed by atoms with E-state index in [1.54, 1.807) is 5.38 Å². The zero-order valence-corrected chi connectivity index (χ0v) is 12.4. The molecule has 2 rings (SSSR count). The van der Waals surface area contributed by atoms with Gasteiger partial charge in [-0.05, 0) is 31.2 Å². The van der Waals surface area contributed by atoms with Crippen molar-refractivity contribution in [2.75, 3.05) is 11.9 Å². The zero-order chi connectivity index (χ0) is 15.6. The van der Waals surface area contributed by atoms with Gasteiger partial charge < -0.3 is 15.7 Å². The molecule has 2 heterocycles. The first kappa shape index (κ1) is 15.3. The van der Waals surface area contributed by atoms with Gasteiger partial charge in [-0.15, -0.1) is 11.3 Å². The number of urea groups is 1. The summed E-state index contributed by atoms with van der Waals surface area (Å²) in [5.74, 6) is -1.86. The Bertz CT molecular complexity index is 572. The van der Waals surface area contributed by atoms with Gasteiger partial charge in [0.25, 0.3) is 0 Å². The Morgan fingerprint density at radius 1 is 1.43 bits per heavy atom. The third-order valence-electron chi connectivity index (χ3n) is 3.66. The van der Waals surface area contributed by atoms with Crippen LogP contribution in [0, 0.1) is 5.92 Å². The predicted octanol–water partition coefficient (Wildman–Crippen LogP) is 1.56. The average molecular weight is 311 g/mol. The fourth-order valence-electron chi connectivity index (χ4n) is 2.37. The molecule has 0 aliphatic carbocycles. The molecule has 2 atom stereocenters. The highest BCUT2D eigenvalue weighted by Crippen LogP contribution is 2.26. The summed E-state index contributed by atoms with van der Waals surface area (Å²) in [5, 5.41) is 13.5. The van der Waals surface area contributed by atoms with Crippen LogP contribution in [0.3, 0.4) is 0 Å². The molecule has 4 N–H and O–H groups in total. The maximum absolute atomic E-state index is 12.3. The van der Waals surface area contributed by atoms with Crippen LogP contribution in [0.4, 0.5) is 9.80 Å². The number of amides is 3. The molecule has 1 aromatic heterocycles. The van der Waals surface area contributed by atoms with Crippen LogP contribution in [-0.4, -0.2) is 40.5 Å². The summed E-state index contributed by atoms with van der Waals surface area (Å²) >= 11 is 1.15. The molecule has 0 bridgehead atoms. The fourth-order valence-corrected chi connectivity index (χ4v) is 3.13. The van der Waals surface area contributed by atoms with Gasteiger partial charge in [0.2, 0.25) is 5.91 Å². The largest absolute Gasteiger partial charge is 0.478 e. The second-order valence-electron chi connectivity index (χ2n) is 5.08. The lowest BCUT2D eigenvalue weighted by atomic mass is 9.93. The number of carboxylic acid groups (broad SMARTS) is 1. The topological polar surface area (TPSA) is 113 Å². The molecule has 114 valence electrons. The molecule has 21 heavy (non-hydrogen) atoms. The molecule has 1 aliphatic rings. The number of carbonyl (C=O) groups is 3. The molecule has 1 fully saturated rings. The van der Waals surface area contributed by atoms with Gasteiger partial charge in [0, 0.05) is 12.6 Å². The molecule has 2 unspecified atom stereocenters. The van der Waals surface area contributed by atoms with Crippen molar-refractivity contribution in [3.05, 3.63) is 17.0 Å². The number of likely N-dealkylation sites (tertiary alicyclic amines) is 1. The van der Waals surface area contributed by atoms with Crippen LogP contribution in [0.25, 0.3) is 0 Å². The number of nitrogens with zero attached hydrogens (tertiary/aromatic N) is 1. The van der Waals surface area contributed by atoms with E-state index in [9.17, 15) is 14.4 Å². The lowest BCUT2D eigenvalue weighted by Crippen LogP contribution is -2.50. The van der Waals surface area contributed by atoms with Crippen molar-refractivity contribution in [2.45, 2.75) is 25.8 Å². The number of hydrogen-bond acceptors (Lipinski definition) is 4. The molecular formula is C13H17N3O4S. The highest BCUT2D eigenvalue weighted by molar-refractivity contribution is 7.14. The van der Waals surface area contributed by atoms with Crippen molar-refractivity contribution < 1.29 is 19.5 Å². The van der Waals surface area contributed by atoms with Gasteiger partial charge in [-0.1, -0.05) is 0 Å². The molecule has 0 saturated carbocycles. The minimum atomic E-state index is -1.09. The van der Waals surface area contributed by atoms with Crippen molar-refractivity contribution in [3.8, 4) is 0 Å². The van der Waals surface area contributed by atoms with E-state index in [1.807, 2.05) is 6.92 Å². The molecule has 0 radical (unpaired) electrons. The summed E-state index contributed by atoms with van der Waals surface area (Å²) in [6.45, 7) is 2.15. The summed E-state index contributed by atoms with van der Waals surface area (Å²) in [4.78, 5) is 36.1. The normalized spacial score (nSPS) is 21.9. The SMILES string of the molecule is CC1CCC(C(N)=O)CN1C(=O)Nc1sccc1C(=O)O. The lowest BCUT2D eigenvalue weighted by molar-refractivity contribution is -0.123. The smallest absolute Gasteiger partial charge is 0.338 e. The highest BCUT2D eigenvalue weighted by Gasteiger charge is 2.32. The van der Waals surface area contributed by atoms with E-state index in [0.29, 0.717) is 17.8 Å². The summed E-state index contributed by atoms with van der Waals surface area (Å²) in [6.07, 6.45) is 1.36. The molecule has 1 saturated heterocycles. The van der Waals surface area contributed by atoms with E-state index in [0.717, 1.165) is 11.3 Å². The second-order valence-corrected chi connectivity index (χ2v) is 5.99. The number of nitrogens with two attached hydrogens (primary N) is 1. The molecule has 1 aliphatic heterocycles. The number of thiophene rings is 1. The molecule has 3 amide bonds. The van der Waals surface area contributed by atoms with Crippen LogP contribution in [0.15, 0.2) is 11.4 Å². The Kier molecular flexibility index (Phi) is 4.46. The molecule has 1 aromatic rings. The summed E-state index contributed by atoms with van der Waals surface area (Å²) < 4.78 is 0. The van der Waals surface area contributed by atoms with Gasteiger partial charge in [-0.3, -0.25) is 10.1 Å². The molecule has 0 spiro atoms. The highest BCUT2D eigenvalue weighted by atomic mass is 32.1. The average Bonchev–Trinajstić information content (AvgIpc) is 2.87. The Hall–Kier alpha value is -2.09. The number of carboxylic acids is 1. The second kappa shape index (κ2) is 6.13. The molecule has 7 nitrogen and oxygen atoms in total. The van der Waals surface area contributed by atoms with E-state index in [-0.39, 0.29) is 24.1 Å². The summed E-state index contributed by atoms with van der Waals surface area (Å²) in [7, 11) is 0. The van der Waals surface area contributed by atoms with Gasteiger partial charge in [-0.2, -0.15) is 0 Å². The third-order valence-corrected chi connectivity index (χ3v) is 4.49. The van der Waals surface area contributed by atoms with Crippen LogP contribution < -0.4 is 11.1 Å². The number of anilines is 1. The first-order valence-corrected chi connectivity index (χ1v) is 7.45. The van der Waals surface area contributed by atoms with Crippen molar-refractivity contribution >= 4 is 34.2 Å². The van der Waals surface area contributed by atoms with Crippen molar-refractivity contribution in [1.82, 2.24) is 4.90 Å². The monoisotopic (exact) mass is 311 g/mol. The predicted molar refractivity (Wildman–Crippen MR) is 78.4 cm³/mol. The van der Waals surface area contributed by atoms with E-state index in [2.05, 4.69) is 5.32 Å². The van der Waals surface area contributed by atoms with Crippen LogP contribution in [-0.2, 0) is 4.79 Å². The van der Waals surface area contributed by atoms with Gasteiger partial charge in [0.1, 0.15) is 5.00 Å². The maximum atomic E-state index is 12.3. The summed E-state index contributed by atoms with van der Waals surface area (Å²) in [5.41, 5.74) is 5.36. The number of nitrogens with one attached hydrogen (secondary N) is 1. The van der Waals surface area contributed by atoms with Gasteiger partial charge in [0.05, 0.1) is 11.5 Å². The summed E-state index contributed by atoms with van der Waals surface area (Å²) in [6, 6.07) is 1.02. The Labute approximate surface area is 125 Å². The number of primary amides is 1. The Morgan fingerprint density at radius 3 is 2.76 bits per heavy atom. The fraction of sp³-hybridized carbons (Fsp3) is 0.462. The number of carbonyl (C=O) groups excluding carboxylic acids is 2. The van der Waals surface area contributed by atoms with E-state index >= 15 is 0 Å². The third kappa shape index (κ3) is 3.33. The molecule has 8 heteroatoms. The van der Waals surface area contributed by atoms with Crippen molar-refractivity contribution in [1.29, 1.82) is 0 Å². The minimum Gasteiger partial charge on any atom is -0.478 e. The number of piperidine rings is 1. The van der Waals surface area contributed by atoms with E-state index < -0.39 is 17.9 Å². The van der Waals surface area contributed by atoms with Gasteiger partial charge in [-0.25, -0.2) is 9.59 Å². The van der Waals surface area contributed by atoms with Crippen LogP contribution in [0.5, 0.6) is 0 Å². The zero-order valence-electron chi connectivity index (χ0n) is 11.5.